The predicted octanol–water partition coefficient (Wildman–Crippen LogP) is 3.43. The number of aromatic nitrogens is 2. The SMILES string of the molecule is CC(C)CCc1nc2cc(F)c(F)cc2[nH]1. The van der Waals surface area contributed by atoms with E-state index in [4.69, 9.17) is 0 Å². The molecule has 0 radical (unpaired) electrons. The third-order valence-electron chi connectivity index (χ3n) is 2.53. The van der Waals surface area contributed by atoms with Gasteiger partial charge in [0.25, 0.3) is 0 Å². The molecule has 1 aromatic carbocycles. The lowest BCUT2D eigenvalue weighted by Gasteiger charge is -2.00. The van der Waals surface area contributed by atoms with Gasteiger partial charge in [-0.25, -0.2) is 13.8 Å². The van der Waals surface area contributed by atoms with Crippen LogP contribution in [0.3, 0.4) is 0 Å². The molecule has 0 aliphatic carbocycles. The van der Waals surface area contributed by atoms with Crippen molar-refractivity contribution in [3.8, 4) is 0 Å². The van der Waals surface area contributed by atoms with Gasteiger partial charge in [0.1, 0.15) is 5.82 Å². The van der Waals surface area contributed by atoms with E-state index in [0.29, 0.717) is 17.0 Å². The van der Waals surface area contributed by atoms with Crippen LogP contribution in [0.5, 0.6) is 0 Å². The van der Waals surface area contributed by atoms with E-state index >= 15 is 0 Å². The number of hydrogen-bond acceptors (Lipinski definition) is 1. The normalized spacial score (nSPS) is 11.6. The molecule has 0 bridgehead atoms. The molecule has 1 aromatic heterocycles. The highest BCUT2D eigenvalue weighted by molar-refractivity contribution is 5.75. The Kier molecular flexibility index (Phi) is 2.90. The van der Waals surface area contributed by atoms with Gasteiger partial charge >= 0.3 is 0 Å². The van der Waals surface area contributed by atoms with Crippen molar-refractivity contribution in [1.29, 1.82) is 0 Å². The fourth-order valence-corrected chi connectivity index (χ4v) is 1.60. The zero-order chi connectivity index (χ0) is 11.7. The molecule has 1 N–H and O–H groups in total. The number of imidazole rings is 1. The van der Waals surface area contributed by atoms with E-state index in [9.17, 15) is 8.78 Å². The molecule has 16 heavy (non-hydrogen) atoms. The first-order valence-corrected chi connectivity index (χ1v) is 5.40. The third-order valence-corrected chi connectivity index (χ3v) is 2.53. The molecule has 0 fully saturated rings. The Bertz CT molecular complexity index is 464. The van der Waals surface area contributed by atoms with Crippen molar-refractivity contribution in [2.24, 2.45) is 5.92 Å². The van der Waals surface area contributed by atoms with E-state index in [2.05, 4.69) is 23.8 Å². The van der Waals surface area contributed by atoms with Crippen LogP contribution in [0.1, 0.15) is 26.1 Å². The number of aryl methyl sites for hydroxylation is 1. The lowest BCUT2D eigenvalue weighted by Crippen LogP contribution is -1.93. The number of H-pyrrole nitrogens is 1. The molecule has 1 heterocycles. The minimum absolute atomic E-state index is 0.484. The van der Waals surface area contributed by atoms with Crippen molar-refractivity contribution < 1.29 is 8.78 Å². The predicted molar refractivity (Wildman–Crippen MR) is 59.2 cm³/mol. The maximum absolute atomic E-state index is 12.9. The van der Waals surface area contributed by atoms with E-state index in [1.54, 1.807) is 0 Å². The summed E-state index contributed by atoms with van der Waals surface area (Å²) in [4.78, 5) is 7.23. The van der Waals surface area contributed by atoms with Gasteiger partial charge in [-0.1, -0.05) is 13.8 Å². The van der Waals surface area contributed by atoms with Gasteiger partial charge < -0.3 is 4.98 Å². The van der Waals surface area contributed by atoms with Gasteiger partial charge in [0, 0.05) is 18.6 Å². The molecule has 0 aliphatic rings. The quantitative estimate of drug-likeness (QED) is 0.850. The van der Waals surface area contributed by atoms with Gasteiger partial charge in [-0.15, -0.1) is 0 Å². The summed E-state index contributed by atoms with van der Waals surface area (Å²) in [5.74, 6) is -0.323. The number of benzene rings is 1. The molecular weight excluding hydrogens is 210 g/mol. The monoisotopic (exact) mass is 224 g/mol. The Morgan fingerprint density at radius 3 is 2.62 bits per heavy atom. The fourth-order valence-electron chi connectivity index (χ4n) is 1.60. The first kappa shape index (κ1) is 11.0. The van der Waals surface area contributed by atoms with Gasteiger partial charge in [-0.05, 0) is 12.3 Å². The van der Waals surface area contributed by atoms with Crippen molar-refractivity contribution in [2.45, 2.75) is 26.7 Å². The van der Waals surface area contributed by atoms with Crippen LogP contribution in [0.25, 0.3) is 11.0 Å². The molecule has 0 spiro atoms. The average molecular weight is 224 g/mol. The Morgan fingerprint density at radius 2 is 1.94 bits per heavy atom. The molecule has 2 nitrogen and oxygen atoms in total. The molecule has 0 saturated carbocycles. The summed E-state index contributed by atoms with van der Waals surface area (Å²) in [6, 6.07) is 2.27. The summed E-state index contributed by atoms with van der Waals surface area (Å²) < 4.78 is 25.9. The molecule has 0 amide bonds. The first-order valence-electron chi connectivity index (χ1n) is 5.40. The minimum atomic E-state index is -0.852. The maximum Gasteiger partial charge on any atom is 0.161 e. The molecule has 2 aromatic rings. The second-order valence-electron chi connectivity index (χ2n) is 4.40. The van der Waals surface area contributed by atoms with Crippen LogP contribution in [0.4, 0.5) is 8.78 Å². The third kappa shape index (κ3) is 2.21. The summed E-state index contributed by atoms with van der Waals surface area (Å²) in [7, 11) is 0. The molecule has 0 aliphatic heterocycles. The minimum Gasteiger partial charge on any atom is -0.342 e. The second kappa shape index (κ2) is 4.20. The van der Waals surface area contributed by atoms with Crippen molar-refractivity contribution in [1.82, 2.24) is 9.97 Å². The zero-order valence-electron chi connectivity index (χ0n) is 9.35. The number of rotatable bonds is 3. The first-order chi connectivity index (χ1) is 7.56. The maximum atomic E-state index is 12.9. The molecular formula is C12H14F2N2. The Labute approximate surface area is 92.7 Å². The van der Waals surface area contributed by atoms with Gasteiger partial charge in [0.2, 0.25) is 0 Å². The molecule has 86 valence electrons. The highest BCUT2D eigenvalue weighted by Gasteiger charge is 2.08. The van der Waals surface area contributed by atoms with Crippen LogP contribution < -0.4 is 0 Å². The van der Waals surface area contributed by atoms with Crippen molar-refractivity contribution in [3.63, 3.8) is 0 Å². The molecule has 0 unspecified atom stereocenters. The lowest BCUT2D eigenvalue weighted by molar-refractivity contribution is 0.510. The zero-order valence-corrected chi connectivity index (χ0v) is 9.35. The van der Waals surface area contributed by atoms with Gasteiger partial charge in [0.05, 0.1) is 11.0 Å². The average Bonchev–Trinajstić information content (AvgIpc) is 2.58. The molecule has 0 saturated heterocycles. The van der Waals surface area contributed by atoms with Crippen molar-refractivity contribution in [2.75, 3.05) is 0 Å². The number of hydrogen-bond donors (Lipinski definition) is 1. The number of fused-ring (bicyclic) bond motifs is 1. The van der Waals surface area contributed by atoms with Gasteiger partial charge in [0.15, 0.2) is 11.6 Å². The summed E-state index contributed by atoms with van der Waals surface area (Å²) >= 11 is 0. The Balaban J connectivity index is 2.29. The molecule has 2 rings (SSSR count). The van der Waals surface area contributed by atoms with Crippen LogP contribution in [-0.2, 0) is 6.42 Å². The van der Waals surface area contributed by atoms with E-state index in [-0.39, 0.29) is 0 Å². The fraction of sp³-hybridized carbons (Fsp3) is 0.417. The van der Waals surface area contributed by atoms with Crippen LogP contribution in [0.15, 0.2) is 12.1 Å². The number of nitrogens with one attached hydrogen (secondary N) is 1. The van der Waals surface area contributed by atoms with Crippen LogP contribution in [0.2, 0.25) is 0 Å². The van der Waals surface area contributed by atoms with Crippen LogP contribution >= 0.6 is 0 Å². The standard InChI is InChI=1S/C12H14F2N2/c1-7(2)3-4-12-15-10-5-8(13)9(14)6-11(10)16-12/h5-7H,3-4H2,1-2H3,(H,15,16). The van der Waals surface area contributed by atoms with E-state index in [0.717, 1.165) is 30.8 Å². The number of aromatic amines is 1. The highest BCUT2D eigenvalue weighted by Crippen LogP contribution is 2.17. The van der Waals surface area contributed by atoms with Crippen LogP contribution in [-0.4, -0.2) is 9.97 Å². The van der Waals surface area contributed by atoms with E-state index in [1.165, 1.54) is 0 Å². The van der Waals surface area contributed by atoms with Crippen molar-refractivity contribution in [3.05, 3.63) is 29.6 Å². The number of nitrogens with zero attached hydrogens (tertiary/aromatic N) is 1. The Hall–Kier alpha value is -1.45. The molecule has 0 atom stereocenters. The summed E-state index contributed by atoms with van der Waals surface area (Å²) in [5.41, 5.74) is 1.04. The molecule has 4 heteroatoms. The lowest BCUT2D eigenvalue weighted by atomic mass is 10.1. The highest BCUT2D eigenvalue weighted by atomic mass is 19.2. The topological polar surface area (TPSA) is 28.7 Å². The van der Waals surface area contributed by atoms with Crippen LogP contribution in [0, 0.1) is 17.6 Å². The van der Waals surface area contributed by atoms with Gasteiger partial charge in [-0.2, -0.15) is 0 Å². The second-order valence-corrected chi connectivity index (χ2v) is 4.40. The smallest absolute Gasteiger partial charge is 0.161 e. The largest absolute Gasteiger partial charge is 0.342 e. The van der Waals surface area contributed by atoms with Crippen molar-refractivity contribution >= 4 is 11.0 Å². The summed E-state index contributed by atoms with van der Waals surface area (Å²) in [6.45, 7) is 4.25. The summed E-state index contributed by atoms with van der Waals surface area (Å²) in [5, 5.41) is 0. The summed E-state index contributed by atoms with van der Waals surface area (Å²) in [6.07, 6.45) is 1.81. The van der Waals surface area contributed by atoms with E-state index in [1.807, 2.05) is 0 Å². The number of halogens is 2. The Morgan fingerprint density at radius 1 is 1.25 bits per heavy atom. The van der Waals surface area contributed by atoms with E-state index < -0.39 is 11.6 Å². The van der Waals surface area contributed by atoms with Gasteiger partial charge in [-0.3, -0.25) is 0 Å².